The molecule has 1 amide bonds. The predicted molar refractivity (Wildman–Crippen MR) is 212 cm³/mol. The molecule has 0 bridgehead atoms. The number of hydrogen-bond donors (Lipinski definition) is 3. The lowest BCUT2D eigenvalue weighted by molar-refractivity contribution is -0.870. The Balaban J connectivity index is 4.48. The smallest absolute Gasteiger partial charge is 0.387 e. The highest BCUT2D eigenvalue weighted by atomic mass is 31.2. The Hall–Kier alpha value is -1.28. The molecule has 0 aromatic heterocycles. The number of allylic oxidation sites excluding steroid dienone is 5. The van der Waals surface area contributed by atoms with E-state index in [1.807, 2.05) is 27.2 Å². The van der Waals surface area contributed by atoms with Crippen LogP contribution in [0.25, 0.3) is 0 Å². The maximum atomic E-state index is 12.8. The van der Waals surface area contributed by atoms with Crippen LogP contribution in [0.1, 0.15) is 168 Å². The van der Waals surface area contributed by atoms with Gasteiger partial charge in [-0.3, -0.25) is 13.8 Å². The second-order valence-corrected chi connectivity index (χ2v) is 16.5. The third-order valence-corrected chi connectivity index (χ3v) is 9.82. The molecule has 0 heterocycles. The number of likely N-dealkylation sites (N-methyl/N-ethyl adjacent to an activating group) is 1. The van der Waals surface area contributed by atoms with Crippen molar-refractivity contribution in [1.82, 2.24) is 5.32 Å². The molecule has 0 saturated carbocycles. The normalized spacial score (nSPS) is 14.9. The number of quaternary nitrogens is 1. The monoisotopic (exact) mass is 728 g/mol. The van der Waals surface area contributed by atoms with Crippen molar-refractivity contribution < 1.29 is 32.9 Å². The minimum absolute atomic E-state index is 0.0549. The predicted octanol–water partition coefficient (Wildman–Crippen LogP) is 10.7. The Labute approximate surface area is 308 Å². The maximum Gasteiger partial charge on any atom is 0.472 e. The van der Waals surface area contributed by atoms with Gasteiger partial charge in [-0.1, -0.05) is 140 Å². The number of carbonyl (C=O) groups excluding carboxylic acids is 1. The van der Waals surface area contributed by atoms with E-state index < -0.39 is 20.0 Å². The van der Waals surface area contributed by atoms with Crippen LogP contribution in [0.4, 0.5) is 0 Å². The van der Waals surface area contributed by atoms with Gasteiger partial charge in [0, 0.05) is 6.42 Å². The number of aliphatic hydroxyl groups is 1. The molecular formula is C41H80N2O6P+. The molecule has 0 fully saturated rings. The topological polar surface area (TPSA) is 105 Å². The van der Waals surface area contributed by atoms with Crippen LogP contribution >= 0.6 is 7.82 Å². The molecule has 0 aliphatic carbocycles. The highest BCUT2D eigenvalue weighted by Gasteiger charge is 2.27. The van der Waals surface area contributed by atoms with Gasteiger partial charge in [-0.25, -0.2) is 4.57 Å². The highest BCUT2D eigenvalue weighted by Crippen LogP contribution is 2.43. The summed E-state index contributed by atoms with van der Waals surface area (Å²) in [6, 6.07) is -0.861. The second-order valence-electron chi connectivity index (χ2n) is 15.0. The quantitative estimate of drug-likeness (QED) is 0.0257. The molecule has 0 aliphatic rings. The molecule has 8 nitrogen and oxygen atoms in total. The van der Waals surface area contributed by atoms with Crippen molar-refractivity contribution in [2.24, 2.45) is 0 Å². The molecule has 3 N–H and O–H groups in total. The van der Waals surface area contributed by atoms with E-state index in [0.717, 1.165) is 38.5 Å². The van der Waals surface area contributed by atoms with Crippen molar-refractivity contribution in [3.8, 4) is 0 Å². The van der Waals surface area contributed by atoms with Gasteiger partial charge in [0.05, 0.1) is 39.9 Å². The van der Waals surface area contributed by atoms with Crippen molar-refractivity contribution in [3.63, 3.8) is 0 Å². The van der Waals surface area contributed by atoms with Crippen molar-refractivity contribution in [2.75, 3.05) is 40.9 Å². The zero-order valence-electron chi connectivity index (χ0n) is 33.1. The summed E-state index contributed by atoms with van der Waals surface area (Å²) in [6.45, 7) is 4.74. The summed E-state index contributed by atoms with van der Waals surface area (Å²) >= 11 is 0. The molecule has 0 saturated heterocycles. The van der Waals surface area contributed by atoms with Crippen molar-refractivity contribution in [3.05, 3.63) is 36.5 Å². The van der Waals surface area contributed by atoms with Crippen LogP contribution in [0.15, 0.2) is 36.5 Å². The first-order valence-corrected chi connectivity index (χ1v) is 21.9. The average Bonchev–Trinajstić information content (AvgIpc) is 3.06. The van der Waals surface area contributed by atoms with Gasteiger partial charge in [0.1, 0.15) is 13.2 Å². The van der Waals surface area contributed by atoms with Crippen LogP contribution in [0.3, 0.4) is 0 Å². The van der Waals surface area contributed by atoms with Crippen LogP contribution in [-0.2, 0) is 18.4 Å². The summed E-state index contributed by atoms with van der Waals surface area (Å²) in [7, 11) is 1.55. The average molecular weight is 728 g/mol. The molecule has 294 valence electrons. The van der Waals surface area contributed by atoms with E-state index in [4.69, 9.17) is 9.05 Å². The van der Waals surface area contributed by atoms with Crippen LogP contribution in [-0.4, -0.2) is 73.4 Å². The summed E-state index contributed by atoms with van der Waals surface area (Å²) < 4.78 is 23.4. The Kier molecular flexibility index (Phi) is 32.7. The van der Waals surface area contributed by atoms with Crippen molar-refractivity contribution >= 4 is 13.7 Å². The van der Waals surface area contributed by atoms with Crippen LogP contribution in [0.5, 0.6) is 0 Å². The fourth-order valence-electron chi connectivity index (χ4n) is 5.52. The number of hydrogen-bond acceptors (Lipinski definition) is 5. The molecule has 9 heteroatoms. The van der Waals surface area contributed by atoms with E-state index in [9.17, 15) is 19.4 Å². The maximum absolute atomic E-state index is 12.8. The molecule has 0 rings (SSSR count). The molecule has 0 aromatic rings. The Morgan fingerprint density at radius 2 is 1.10 bits per heavy atom. The van der Waals surface area contributed by atoms with E-state index in [1.54, 1.807) is 6.08 Å². The summed E-state index contributed by atoms with van der Waals surface area (Å²) in [5.41, 5.74) is 0. The number of nitrogens with zero attached hydrogens (tertiary/aromatic N) is 1. The number of unbranched alkanes of at least 4 members (excludes halogenated alkanes) is 19. The Morgan fingerprint density at radius 3 is 1.60 bits per heavy atom. The van der Waals surface area contributed by atoms with Gasteiger partial charge in [-0.05, 0) is 57.8 Å². The van der Waals surface area contributed by atoms with Crippen molar-refractivity contribution in [2.45, 2.75) is 180 Å². The van der Waals surface area contributed by atoms with Gasteiger partial charge in [0.2, 0.25) is 5.91 Å². The first-order valence-electron chi connectivity index (χ1n) is 20.4. The SMILES string of the molecule is CCCCCCC/C=C/CC/C=C/C(O)C(COP(=O)(O)OCC[N+](C)(C)C)NC(=O)CCCCCCCCC/C=C\CCCCCCCC. The molecule has 3 unspecified atom stereocenters. The van der Waals surface area contributed by atoms with E-state index in [2.05, 4.69) is 43.5 Å². The van der Waals surface area contributed by atoms with Crippen LogP contribution in [0.2, 0.25) is 0 Å². The molecule has 0 aliphatic heterocycles. The molecule has 0 radical (unpaired) electrons. The number of aliphatic hydroxyl groups excluding tert-OH is 1. The number of rotatable bonds is 36. The zero-order valence-corrected chi connectivity index (χ0v) is 34.0. The third-order valence-electron chi connectivity index (χ3n) is 8.83. The van der Waals surface area contributed by atoms with Gasteiger partial charge in [0.25, 0.3) is 0 Å². The fourth-order valence-corrected chi connectivity index (χ4v) is 6.26. The van der Waals surface area contributed by atoms with E-state index in [1.165, 1.54) is 109 Å². The van der Waals surface area contributed by atoms with Gasteiger partial charge < -0.3 is 19.8 Å². The van der Waals surface area contributed by atoms with Crippen LogP contribution < -0.4 is 5.32 Å². The fraction of sp³-hybridized carbons (Fsp3) is 0.829. The summed E-state index contributed by atoms with van der Waals surface area (Å²) in [5.74, 6) is -0.195. The number of amides is 1. The molecule has 50 heavy (non-hydrogen) atoms. The first-order chi connectivity index (χ1) is 24.0. The van der Waals surface area contributed by atoms with E-state index >= 15 is 0 Å². The van der Waals surface area contributed by atoms with Crippen LogP contribution in [0, 0.1) is 0 Å². The minimum atomic E-state index is -4.34. The van der Waals surface area contributed by atoms with Gasteiger partial charge in [0.15, 0.2) is 0 Å². The summed E-state index contributed by atoms with van der Waals surface area (Å²) in [4.78, 5) is 23.0. The molecule has 0 aromatic carbocycles. The lowest BCUT2D eigenvalue weighted by Crippen LogP contribution is -2.45. The highest BCUT2D eigenvalue weighted by molar-refractivity contribution is 7.47. The molecule has 3 atom stereocenters. The summed E-state index contributed by atoms with van der Waals surface area (Å²) in [6.07, 6.45) is 39.2. The second kappa shape index (κ2) is 33.5. The Bertz CT molecular complexity index is 917. The number of carbonyl (C=O) groups is 1. The van der Waals surface area contributed by atoms with Gasteiger partial charge >= 0.3 is 7.82 Å². The minimum Gasteiger partial charge on any atom is -0.387 e. The zero-order chi connectivity index (χ0) is 37.2. The van der Waals surface area contributed by atoms with Gasteiger partial charge in [-0.2, -0.15) is 0 Å². The van der Waals surface area contributed by atoms with Gasteiger partial charge in [-0.15, -0.1) is 0 Å². The number of phosphoric acid groups is 1. The molecular weight excluding hydrogens is 647 g/mol. The summed E-state index contributed by atoms with van der Waals surface area (Å²) in [5, 5.41) is 13.7. The largest absolute Gasteiger partial charge is 0.472 e. The third kappa shape index (κ3) is 35.1. The lowest BCUT2D eigenvalue weighted by Gasteiger charge is -2.25. The number of phosphoric ester groups is 1. The standard InChI is InChI=1S/C41H79N2O6P/c1-6-8-10-12-14-16-18-19-20-21-22-23-25-27-29-31-33-35-41(45)42-39(38-49-50(46,47)48-37-36-43(3,4)5)40(44)34-32-30-28-26-24-17-15-13-11-9-7-2/h19-20,24,26,32,34,39-40,44H,6-18,21-23,25,27-31,33,35-38H2,1-5H3,(H-,42,45,46,47)/p+1/b20-19-,26-24+,34-32+. The Morgan fingerprint density at radius 1 is 0.660 bits per heavy atom. The molecule has 0 spiro atoms. The van der Waals surface area contributed by atoms with Crippen molar-refractivity contribution in [1.29, 1.82) is 0 Å². The lowest BCUT2D eigenvalue weighted by atomic mass is 10.1. The first kappa shape index (κ1) is 48.7. The van der Waals surface area contributed by atoms with E-state index in [0.29, 0.717) is 17.4 Å². The van der Waals surface area contributed by atoms with E-state index in [-0.39, 0.29) is 19.1 Å². The number of nitrogens with one attached hydrogen (secondary N) is 1.